The minimum atomic E-state index is -1.75. The molecule has 0 amide bonds. The van der Waals surface area contributed by atoms with Crippen LogP contribution in [0, 0.1) is 30.6 Å². The Hall–Kier alpha value is -3.38. The van der Waals surface area contributed by atoms with Crippen LogP contribution in [0.3, 0.4) is 0 Å². The summed E-state index contributed by atoms with van der Waals surface area (Å²) in [4.78, 5) is 24.7. The molecule has 0 bridgehead atoms. The van der Waals surface area contributed by atoms with Gasteiger partial charge in [0, 0.05) is 35.9 Å². The smallest absolute Gasteiger partial charge is 0.125 e. The monoisotopic (exact) mass is 368 g/mol. The highest BCUT2D eigenvalue weighted by molar-refractivity contribution is 5.06. The van der Waals surface area contributed by atoms with Crippen molar-refractivity contribution in [1.82, 2.24) is 9.97 Å². The van der Waals surface area contributed by atoms with Crippen LogP contribution in [-0.2, 0) is 13.1 Å². The Kier molecular flexibility index (Phi) is 13.2. The van der Waals surface area contributed by atoms with Crippen LogP contribution in [0.1, 0.15) is 11.1 Å². The Bertz CT molecular complexity index is 552. The largest absolute Gasteiger partial charge is 0.356 e. The summed E-state index contributed by atoms with van der Waals surface area (Å²) in [7, 11) is 0. The SMILES string of the molecule is O=[N+]([O-])[O-].O=[N+]([O-])[O-].c1cncc(C[NH2+]CC[NH2+]Cc2cccnc2)c1. The van der Waals surface area contributed by atoms with Crippen LogP contribution >= 0.6 is 0 Å². The predicted octanol–water partition coefficient (Wildman–Crippen LogP) is -1.17. The third kappa shape index (κ3) is 17.0. The molecule has 12 heteroatoms. The number of nitrogens with two attached hydrogens (primary N) is 2. The van der Waals surface area contributed by atoms with E-state index in [1.54, 1.807) is 0 Å². The number of aromatic nitrogens is 2. The molecule has 12 nitrogen and oxygen atoms in total. The van der Waals surface area contributed by atoms with E-state index >= 15 is 0 Å². The molecule has 0 spiro atoms. The fourth-order valence-electron chi connectivity index (χ4n) is 1.81. The van der Waals surface area contributed by atoms with E-state index in [1.165, 1.54) is 11.1 Å². The zero-order valence-corrected chi connectivity index (χ0v) is 13.8. The Morgan fingerprint density at radius 1 is 0.769 bits per heavy atom. The summed E-state index contributed by atoms with van der Waals surface area (Å²) < 4.78 is 0. The van der Waals surface area contributed by atoms with Gasteiger partial charge in [-0.05, 0) is 12.1 Å². The first-order chi connectivity index (χ1) is 12.4. The fraction of sp³-hybridized carbons (Fsp3) is 0.286. The first-order valence-electron chi connectivity index (χ1n) is 7.46. The second kappa shape index (κ2) is 15.2. The fourth-order valence-corrected chi connectivity index (χ4v) is 1.81. The Labute approximate surface area is 148 Å². The second-order valence-electron chi connectivity index (χ2n) is 4.73. The van der Waals surface area contributed by atoms with Gasteiger partial charge in [0.2, 0.25) is 0 Å². The van der Waals surface area contributed by atoms with E-state index in [1.807, 2.05) is 36.9 Å². The molecule has 0 aromatic carbocycles. The van der Waals surface area contributed by atoms with Gasteiger partial charge < -0.3 is 41.3 Å². The molecule has 2 aromatic heterocycles. The number of nitrogens with zero attached hydrogens (tertiary/aromatic N) is 4. The average Bonchev–Trinajstić information content (AvgIpc) is 2.59. The average molecular weight is 368 g/mol. The first kappa shape index (κ1) is 22.6. The minimum Gasteiger partial charge on any atom is -0.356 e. The quantitative estimate of drug-likeness (QED) is 0.346. The van der Waals surface area contributed by atoms with Gasteiger partial charge in [-0.1, -0.05) is 12.1 Å². The molecule has 0 aliphatic rings. The van der Waals surface area contributed by atoms with Gasteiger partial charge in [0.1, 0.15) is 26.2 Å². The van der Waals surface area contributed by atoms with Crippen LogP contribution in [0.5, 0.6) is 0 Å². The third-order valence-corrected chi connectivity index (χ3v) is 2.78. The molecule has 4 N–H and O–H groups in total. The van der Waals surface area contributed by atoms with Gasteiger partial charge in [0.05, 0.1) is 10.2 Å². The van der Waals surface area contributed by atoms with Crippen molar-refractivity contribution >= 4 is 0 Å². The van der Waals surface area contributed by atoms with Gasteiger partial charge in [-0.15, -0.1) is 0 Å². The lowest BCUT2D eigenvalue weighted by Gasteiger charge is -2.02. The Morgan fingerprint density at radius 2 is 1.12 bits per heavy atom. The van der Waals surface area contributed by atoms with E-state index in [4.69, 9.17) is 30.6 Å². The van der Waals surface area contributed by atoms with E-state index in [0.717, 1.165) is 26.2 Å². The molecule has 0 saturated heterocycles. The Balaban J connectivity index is 0.000000662. The maximum Gasteiger partial charge on any atom is 0.125 e. The van der Waals surface area contributed by atoms with Gasteiger partial charge in [-0.25, -0.2) is 0 Å². The van der Waals surface area contributed by atoms with Crippen molar-refractivity contribution in [1.29, 1.82) is 0 Å². The predicted molar refractivity (Wildman–Crippen MR) is 90.2 cm³/mol. The molecule has 26 heavy (non-hydrogen) atoms. The highest BCUT2D eigenvalue weighted by Crippen LogP contribution is 1.91. The summed E-state index contributed by atoms with van der Waals surface area (Å²) in [5.74, 6) is 0. The maximum atomic E-state index is 8.25. The molecule has 142 valence electrons. The summed E-state index contributed by atoms with van der Waals surface area (Å²) >= 11 is 0. The van der Waals surface area contributed by atoms with E-state index in [9.17, 15) is 0 Å². The molecule has 0 unspecified atom stereocenters. The lowest BCUT2D eigenvalue weighted by Crippen LogP contribution is -2.93. The number of rotatable bonds is 7. The highest BCUT2D eigenvalue weighted by Gasteiger charge is 1.97. The normalized spacial score (nSPS) is 9.08. The van der Waals surface area contributed by atoms with E-state index in [0.29, 0.717) is 0 Å². The van der Waals surface area contributed by atoms with Crippen LogP contribution in [0.15, 0.2) is 49.1 Å². The third-order valence-electron chi connectivity index (χ3n) is 2.78. The molecule has 0 saturated carbocycles. The van der Waals surface area contributed by atoms with Gasteiger partial charge >= 0.3 is 0 Å². The second-order valence-corrected chi connectivity index (χ2v) is 4.73. The van der Waals surface area contributed by atoms with Crippen molar-refractivity contribution in [3.05, 3.63) is 90.8 Å². The number of pyridine rings is 2. The van der Waals surface area contributed by atoms with Crippen molar-refractivity contribution in [3.8, 4) is 0 Å². The van der Waals surface area contributed by atoms with Crippen molar-refractivity contribution < 1.29 is 20.8 Å². The van der Waals surface area contributed by atoms with Crippen LogP contribution in [-0.4, -0.2) is 33.2 Å². The van der Waals surface area contributed by atoms with Crippen molar-refractivity contribution in [2.75, 3.05) is 13.1 Å². The van der Waals surface area contributed by atoms with Gasteiger partial charge in [-0.3, -0.25) is 9.97 Å². The summed E-state index contributed by atoms with van der Waals surface area (Å²) in [6.45, 7) is 4.26. The first-order valence-corrected chi connectivity index (χ1v) is 7.46. The van der Waals surface area contributed by atoms with Crippen molar-refractivity contribution in [2.45, 2.75) is 13.1 Å². The summed E-state index contributed by atoms with van der Waals surface area (Å²) in [6, 6.07) is 8.20. The van der Waals surface area contributed by atoms with Crippen molar-refractivity contribution in [2.24, 2.45) is 0 Å². The molecule has 0 fully saturated rings. The molecular weight excluding hydrogens is 348 g/mol. The number of quaternary nitrogens is 2. The minimum absolute atomic E-state index is 1.01. The van der Waals surface area contributed by atoms with Gasteiger partial charge in [0.15, 0.2) is 0 Å². The van der Waals surface area contributed by atoms with E-state index < -0.39 is 10.2 Å². The standard InChI is InChI=1S/C14H18N4.2NO3/c1-3-13(9-15-5-1)11-17-7-8-18-12-14-4-2-6-16-10-14;2*2-1(3)4/h1-6,9-10,17-18H,7-8,11-12H2;;/q;2*-1/p+2. The van der Waals surface area contributed by atoms with Gasteiger partial charge in [0.25, 0.3) is 0 Å². The topological polar surface area (TPSA) is 191 Å². The zero-order valence-electron chi connectivity index (χ0n) is 13.8. The molecule has 0 atom stereocenters. The molecule has 2 rings (SSSR count). The van der Waals surface area contributed by atoms with Crippen LogP contribution < -0.4 is 10.6 Å². The lowest BCUT2D eigenvalue weighted by molar-refractivity contribution is -0.738. The summed E-state index contributed by atoms with van der Waals surface area (Å²) in [5, 5.41) is 34.1. The van der Waals surface area contributed by atoms with E-state index in [-0.39, 0.29) is 0 Å². The van der Waals surface area contributed by atoms with Crippen LogP contribution in [0.4, 0.5) is 0 Å². The van der Waals surface area contributed by atoms with Crippen LogP contribution in [0.2, 0.25) is 0 Å². The zero-order chi connectivity index (χ0) is 19.6. The molecular formula is C14H20N6O6. The molecule has 0 radical (unpaired) electrons. The Morgan fingerprint density at radius 3 is 1.38 bits per heavy atom. The van der Waals surface area contributed by atoms with Gasteiger partial charge in [-0.2, -0.15) is 0 Å². The van der Waals surface area contributed by atoms with Crippen LogP contribution in [0.25, 0.3) is 0 Å². The van der Waals surface area contributed by atoms with E-state index in [2.05, 4.69) is 32.7 Å². The maximum absolute atomic E-state index is 8.25. The van der Waals surface area contributed by atoms with Crippen molar-refractivity contribution in [3.63, 3.8) is 0 Å². The number of hydrogen-bond acceptors (Lipinski definition) is 8. The molecule has 0 aliphatic heterocycles. The molecule has 0 aliphatic carbocycles. The number of hydrogen-bond donors (Lipinski definition) is 2. The highest BCUT2D eigenvalue weighted by atomic mass is 16.9. The lowest BCUT2D eigenvalue weighted by atomic mass is 10.3. The summed E-state index contributed by atoms with van der Waals surface area (Å²) in [5.41, 5.74) is 2.56. The molecule has 2 aromatic rings. The molecule has 2 heterocycles. The summed E-state index contributed by atoms with van der Waals surface area (Å²) in [6.07, 6.45) is 7.47.